The third-order valence-corrected chi connectivity index (χ3v) is 2.06. The molecule has 0 aromatic rings. The van der Waals surface area contributed by atoms with Crippen LogP contribution in [0.5, 0.6) is 0 Å². The van der Waals surface area contributed by atoms with E-state index >= 15 is 0 Å². The third-order valence-electron chi connectivity index (χ3n) is 1.12. The molecule has 1 atom stereocenters. The van der Waals surface area contributed by atoms with E-state index in [1.54, 1.807) is 11.9 Å². The second-order valence-corrected chi connectivity index (χ2v) is 2.67. The Kier molecular flexibility index (Phi) is 1.75. The first-order chi connectivity index (χ1) is 3.80. The van der Waals surface area contributed by atoms with Crippen LogP contribution in [0.4, 0.5) is 0 Å². The van der Waals surface area contributed by atoms with Crippen LogP contribution < -0.4 is 10.5 Å². The summed E-state index contributed by atoms with van der Waals surface area (Å²) in [6.45, 7) is 0.736. The molecule has 3 N–H and O–H groups in total. The number of amides is 1. The predicted molar refractivity (Wildman–Crippen MR) is 33.1 cm³/mol. The maximum atomic E-state index is 10.4. The lowest BCUT2D eigenvalue weighted by Crippen LogP contribution is -2.26. The molecule has 0 aliphatic carbocycles. The quantitative estimate of drug-likeness (QED) is 0.466. The van der Waals surface area contributed by atoms with Gasteiger partial charge in [0.25, 0.3) is 0 Å². The Morgan fingerprint density at radius 3 is 2.88 bits per heavy atom. The van der Waals surface area contributed by atoms with Gasteiger partial charge < -0.3 is 5.73 Å². The standard InChI is InChI=1S/C4H8N2OS/c5-4(7)3-1-6-8-2-3/h3,6H,1-2H2,(H2,5,7). The van der Waals surface area contributed by atoms with Crippen LogP contribution in [0.15, 0.2) is 0 Å². The van der Waals surface area contributed by atoms with E-state index in [1.807, 2.05) is 0 Å². The van der Waals surface area contributed by atoms with Gasteiger partial charge in [-0.05, 0) is 0 Å². The second kappa shape index (κ2) is 2.37. The number of carbonyl (C=O) groups is 1. The van der Waals surface area contributed by atoms with Gasteiger partial charge in [-0.3, -0.25) is 9.52 Å². The Balaban J connectivity index is 2.35. The van der Waals surface area contributed by atoms with Crippen molar-refractivity contribution in [3.63, 3.8) is 0 Å². The summed E-state index contributed by atoms with van der Waals surface area (Å²) in [5.74, 6) is 0.692. The Morgan fingerprint density at radius 2 is 2.62 bits per heavy atom. The molecule has 1 heterocycles. The number of hydrogen-bond acceptors (Lipinski definition) is 3. The molecule has 4 heteroatoms. The summed E-state index contributed by atoms with van der Waals surface area (Å²) in [4.78, 5) is 10.4. The molecule has 1 aliphatic heterocycles. The summed E-state index contributed by atoms with van der Waals surface area (Å²) < 4.78 is 2.97. The largest absolute Gasteiger partial charge is 0.369 e. The van der Waals surface area contributed by atoms with E-state index in [2.05, 4.69) is 4.72 Å². The minimum atomic E-state index is -0.192. The number of nitrogens with one attached hydrogen (secondary N) is 1. The predicted octanol–water partition coefficient (Wildman–Crippen LogP) is -0.661. The highest BCUT2D eigenvalue weighted by Crippen LogP contribution is 2.11. The summed E-state index contributed by atoms with van der Waals surface area (Å²) in [7, 11) is 0. The molecule has 0 bridgehead atoms. The van der Waals surface area contributed by atoms with Gasteiger partial charge in [0, 0.05) is 12.3 Å². The molecule has 0 aromatic carbocycles. The van der Waals surface area contributed by atoms with Crippen LogP contribution in [0.25, 0.3) is 0 Å². The van der Waals surface area contributed by atoms with Gasteiger partial charge in [-0.2, -0.15) is 0 Å². The fraction of sp³-hybridized carbons (Fsp3) is 0.750. The van der Waals surface area contributed by atoms with Crippen LogP contribution in [0.1, 0.15) is 0 Å². The van der Waals surface area contributed by atoms with Crippen molar-refractivity contribution in [3.8, 4) is 0 Å². The molecule has 1 amide bonds. The summed E-state index contributed by atoms with van der Waals surface area (Å²) >= 11 is 1.56. The van der Waals surface area contributed by atoms with Crippen LogP contribution in [0, 0.1) is 5.92 Å². The summed E-state index contributed by atoms with van der Waals surface area (Å²) in [5, 5.41) is 0. The van der Waals surface area contributed by atoms with Crippen LogP contribution in [-0.4, -0.2) is 18.2 Å². The molecule has 3 nitrogen and oxygen atoms in total. The lowest BCUT2D eigenvalue weighted by Gasteiger charge is -1.96. The normalized spacial score (nSPS) is 28.2. The number of hydrogen-bond donors (Lipinski definition) is 2. The van der Waals surface area contributed by atoms with E-state index in [0.29, 0.717) is 0 Å². The van der Waals surface area contributed by atoms with Crippen molar-refractivity contribution in [1.82, 2.24) is 4.72 Å². The number of carbonyl (C=O) groups excluding carboxylic acids is 1. The summed E-state index contributed by atoms with van der Waals surface area (Å²) in [5.41, 5.74) is 5.01. The molecule has 46 valence electrons. The lowest BCUT2D eigenvalue weighted by molar-refractivity contribution is -0.120. The second-order valence-electron chi connectivity index (χ2n) is 1.76. The Morgan fingerprint density at radius 1 is 1.88 bits per heavy atom. The molecule has 1 rings (SSSR count). The third kappa shape index (κ3) is 1.14. The van der Waals surface area contributed by atoms with Gasteiger partial charge in [-0.1, -0.05) is 11.9 Å². The van der Waals surface area contributed by atoms with Gasteiger partial charge >= 0.3 is 0 Å². The highest BCUT2D eigenvalue weighted by molar-refractivity contribution is 7.97. The Hall–Kier alpha value is -0.220. The topological polar surface area (TPSA) is 55.1 Å². The minimum absolute atomic E-state index is 0.0556. The number of nitrogens with two attached hydrogens (primary N) is 1. The van der Waals surface area contributed by atoms with Gasteiger partial charge in [-0.25, -0.2) is 0 Å². The summed E-state index contributed by atoms with van der Waals surface area (Å²) in [6, 6.07) is 0. The smallest absolute Gasteiger partial charge is 0.222 e. The first kappa shape index (κ1) is 5.91. The molecule has 0 aromatic heterocycles. The van der Waals surface area contributed by atoms with E-state index < -0.39 is 0 Å². The fourth-order valence-corrected chi connectivity index (χ4v) is 1.48. The van der Waals surface area contributed by atoms with Crippen molar-refractivity contribution >= 4 is 17.9 Å². The van der Waals surface area contributed by atoms with Gasteiger partial charge in [0.15, 0.2) is 0 Å². The van der Waals surface area contributed by atoms with Crippen molar-refractivity contribution in [3.05, 3.63) is 0 Å². The van der Waals surface area contributed by atoms with E-state index in [-0.39, 0.29) is 11.8 Å². The van der Waals surface area contributed by atoms with E-state index in [9.17, 15) is 4.79 Å². The molecule has 1 saturated heterocycles. The first-order valence-corrected chi connectivity index (χ1v) is 3.43. The average molecular weight is 132 g/mol. The maximum Gasteiger partial charge on any atom is 0.222 e. The van der Waals surface area contributed by atoms with Gasteiger partial charge in [0.05, 0.1) is 5.92 Å². The van der Waals surface area contributed by atoms with Gasteiger partial charge in [0.2, 0.25) is 5.91 Å². The molecular weight excluding hydrogens is 124 g/mol. The van der Waals surface area contributed by atoms with Crippen molar-refractivity contribution in [2.75, 3.05) is 12.3 Å². The van der Waals surface area contributed by atoms with Crippen LogP contribution in [-0.2, 0) is 4.79 Å². The van der Waals surface area contributed by atoms with Gasteiger partial charge in [-0.15, -0.1) is 0 Å². The maximum absolute atomic E-state index is 10.4. The van der Waals surface area contributed by atoms with Gasteiger partial charge in [0.1, 0.15) is 0 Å². The monoisotopic (exact) mass is 132 g/mol. The van der Waals surface area contributed by atoms with E-state index in [1.165, 1.54) is 0 Å². The SMILES string of the molecule is NC(=O)C1CNSC1. The first-order valence-electron chi connectivity index (χ1n) is 2.44. The molecule has 0 spiro atoms. The van der Waals surface area contributed by atoms with Crippen molar-refractivity contribution in [2.45, 2.75) is 0 Å². The Labute approximate surface area is 52.1 Å². The van der Waals surface area contributed by atoms with Crippen LogP contribution in [0.3, 0.4) is 0 Å². The minimum Gasteiger partial charge on any atom is -0.369 e. The molecule has 1 aliphatic rings. The number of rotatable bonds is 1. The van der Waals surface area contributed by atoms with E-state index in [0.717, 1.165) is 12.3 Å². The number of primary amides is 1. The lowest BCUT2D eigenvalue weighted by atomic mass is 10.2. The molecular formula is C4H8N2OS. The highest BCUT2D eigenvalue weighted by Gasteiger charge is 2.19. The average Bonchev–Trinajstić information content (AvgIpc) is 2.12. The zero-order valence-corrected chi connectivity index (χ0v) is 5.20. The van der Waals surface area contributed by atoms with Crippen molar-refractivity contribution in [2.24, 2.45) is 11.7 Å². The van der Waals surface area contributed by atoms with Crippen molar-refractivity contribution in [1.29, 1.82) is 0 Å². The zero-order chi connectivity index (χ0) is 5.98. The zero-order valence-electron chi connectivity index (χ0n) is 4.39. The van der Waals surface area contributed by atoms with Crippen LogP contribution in [0.2, 0.25) is 0 Å². The van der Waals surface area contributed by atoms with Crippen LogP contribution >= 0.6 is 11.9 Å². The fourth-order valence-electron chi connectivity index (χ4n) is 0.561. The van der Waals surface area contributed by atoms with Crippen molar-refractivity contribution < 1.29 is 4.79 Å². The molecule has 0 radical (unpaired) electrons. The Bertz CT molecular complexity index is 100. The van der Waals surface area contributed by atoms with E-state index in [4.69, 9.17) is 5.73 Å². The summed E-state index contributed by atoms with van der Waals surface area (Å²) in [6.07, 6.45) is 0. The molecule has 1 unspecified atom stereocenters. The molecule has 1 fully saturated rings. The highest BCUT2D eigenvalue weighted by atomic mass is 32.2. The molecule has 0 saturated carbocycles. The molecule has 8 heavy (non-hydrogen) atoms.